The molecule has 164 valence electrons. The van der Waals surface area contributed by atoms with Crippen LogP contribution in [0.1, 0.15) is 47.2 Å². The molecule has 3 aliphatic rings. The SMILES string of the molecule is CO[C@H]1C[C@@H](N2CCCC2)[C@H](N(C)C(=O)Cc2cccc3c2COC3=O)C[C@H]1OC. The molecule has 0 aromatic heterocycles. The number of hydrogen-bond donors (Lipinski definition) is 0. The first kappa shape index (κ1) is 21.3. The quantitative estimate of drug-likeness (QED) is 0.661. The molecule has 0 N–H and O–H groups in total. The molecule has 7 heteroatoms. The van der Waals surface area contributed by atoms with E-state index in [1.807, 2.05) is 24.1 Å². The zero-order valence-electron chi connectivity index (χ0n) is 18.1. The number of carbonyl (C=O) groups is 2. The molecule has 0 radical (unpaired) electrons. The van der Waals surface area contributed by atoms with Crippen molar-refractivity contribution in [3.05, 3.63) is 34.9 Å². The summed E-state index contributed by atoms with van der Waals surface area (Å²) in [5, 5.41) is 0. The number of hydrogen-bond acceptors (Lipinski definition) is 6. The molecule has 30 heavy (non-hydrogen) atoms. The molecular formula is C23H32N2O5. The van der Waals surface area contributed by atoms with Crippen molar-refractivity contribution in [3.63, 3.8) is 0 Å². The van der Waals surface area contributed by atoms with E-state index >= 15 is 0 Å². The lowest BCUT2D eigenvalue weighted by Gasteiger charge is -2.47. The van der Waals surface area contributed by atoms with Gasteiger partial charge in [-0.3, -0.25) is 9.69 Å². The molecule has 1 aromatic rings. The van der Waals surface area contributed by atoms with Gasteiger partial charge in [-0.15, -0.1) is 0 Å². The third-order valence-corrected chi connectivity index (χ3v) is 7.09. The molecule has 2 heterocycles. The van der Waals surface area contributed by atoms with Gasteiger partial charge in [-0.2, -0.15) is 0 Å². The molecule has 4 atom stereocenters. The number of ether oxygens (including phenoxy) is 3. The first-order valence-electron chi connectivity index (χ1n) is 10.9. The zero-order chi connectivity index (χ0) is 21.3. The largest absolute Gasteiger partial charge is 0.457 e. The van der Waals surface area contributed by atoms with Gasteiger partial charge in [-0.1, -0.05) is 12.1 Å². The Morgan fingerprint density at radius 1 is 1.17 bits per heavy atom. The van der Waals surface area contributed by atoms with Crippen LogP contribution in [0, 0.1) is 0 Å². The van der Waals surface area contributed by atoms with Gasteiger partial charge in [0.15, 0.2) is 0 Å². The standard InChI is InChI=1S/C23H32N2O5/c1-24(22(26)11-15-7-6-8-16-17(15)14-30-23(16)27)18-12-20(28-2)21(29-3)13-19(18)25-9-4-5-10-25/h6-8,18-21H,4-5,9-14H2,1-3H3/t18-,19-,20-,21+/m1/s1. The van der Waals surface area contributed by atoms with Gasteiger partial charge in [-0.25, -0.2) is 4.79 Å². The first-order chi connectivity index (χ1) is 14.5. The Morgan fingerprint density at radius 2 is 1.87 bits per heavy atom. The van der Waals surface area contributed by atoms with Crippen LogP contribution in [0.5, 0.6) is 0 Å². The van der Waals surface area contributed by atoms with Crippen molar-refractivity contribution in [1.29, 1.82) is 0 Å². The van der Waals surface area contributed by atoms with E-state index in [-0.39, 0.29) is 49.2 Å². The minimum atomic E-state index is -0.303. The van der Waals surface area contributed by atoms with E-state index in [9.17, 15) is 9.59 Å². The Morgan fingerprint density at radius 3 is 2.57 bits per heavy atom. The van der Waals surface area contributed by atoms with E-state index in [0.717, 1.165) is 37.1 Å². The Hall–Kier alpha value is -1.96. The van der Waals surface area contributed by atoms with Gasteiger partial charge < -0.3 is 19.1 Å². The van der Waals surface area contributed by atoms with Crippen molar-refractivity contribution < 1.29 is 23.8 Å². The highest BCUT2D eigenvalue weighted by molar-refractivity contribution is 5.94. The molecule has 2 aliphatic heterocycles. The van der Waals surface area contributed by atoms with Crippen LogP contribution >= 0.6 is 0 Å². The molecule has 1 saturated carbocycles. The number of cyclic esters (lactones) is 1. The maximum absolute atomic E-state index is 13.3. The highest BCUT2D eigenvalue weighted by atomic mass is 16.5. The van der Waals surface area contributed by atoms with Gasteiger partial charge in [0.25, 0.3) is 0 Å². The Kier molecular flexibility index (Phi) is 6.41. The van der Waals surface area contributed by atoms with Crippen LogP contribution in [0.4, 0.5) is 0 Å². The van der Waals surface area contributed by atoms with Crippen molar-refractivity contribution in [2.24, 2.45) is 0 Å². The summed E-state index contributed by atoms with van der Waals surface area (Å²) >= 11 is 0. The lowest BCUT2D eigenvalue weighted by Crippen LogP contribution is -2.59. The van der Waals surface area contributed by atoms with Gasteiger partial charge in [0.1, 0.15) is 6.61 Å². The van der Waals surface area contributed by atoms with Crippen LogP contribution in [0.25, 0.3) is 0 Å². The molecule has 1 amide bonds. The van der Waals surface area contributed by atoms with Crippen molar-refractivity contribution in [2.75, 3.05) is 34.4 Å². The van der Waals surface area contributed by atoms with Crippen LogP contribution in [-0.2, 0) is 32.0 Å². The normalized spacial score (nSPS) is 29.0. The maximum Gasteiger partial charge on any atom is 0.338 e. The highest BCUT2D eigenvalue weighted by Crippen LogP contribution is 2.33. The number of nitrogens with zero attached hydrogens (tertiary/aromatic N) is 2. The average molecular weight is 417 g/mol. The summed E-state index contributed by atoms with van der Waals surface area (Å²) < 4.78 is 16.6. The number of rotatable bonds is 6. The molecule has 0 spiro atoms. The summed E-state index contributed by atoms with van der Waals surface area (Å²) in [5.74, 6) is -0.245. The summed E-state index contributed by atoms with van der Waals surface area (Å²) in [6.45, 7) is 2.40. The van der Waals surface area contributed by atoms with Gasteiger partial charge >= 0.3 is 5.97 Å². The molecule has 1 saturated heterocycles. The van der Waals surface area contributed by atoms with E-state index in [0.29, 0.717) is 5.56 Å². The Bertz CT molecular complexity index is 792. The Labute approximate surface area is 178 Å². The summed E-state index contributed by atoms with van der Waals surface area (Å²) in [4.78, 5) is 29.6. The molecule has 1 aromatic carbocycles. The lowest BCUT2D eigenvalue weighted by molar-refractivity contribution is -0.140. The summed E-state index contributed by atoms with van der Waals surface area (Å²) in [6.07, 6.45) is 4.31. The number of amides is 1. The van der Waals surface area contributed by atoms with Crippen LogP contribution in [-0.4, -0.2) is 80.3 Å². The first-order valence-corrected chi connectivity index (χ1v) is 10.9. The number of likely N-dealkylation sites (N-methyl/N-ethyl adjacent to an activating group) is 1. The van der Waals surface area contributed by atoms with E-state index in [1.54, 1.807) is 20.3 Å². The van der Waals surface area contributed by atoms with Crippen LogP contribution in [0.15, 0.2) is 18.2 Å². The minimum absolute atomic E-state index is 0.0268. The van der Waals surface area contributed by atoms with Crippen molar-refractivity contribution >= 4 is 11.9 Å². The van der Waals surface area contributed by atoms with Gasteiger partial charge in [0.2, 0.25) is 5.91 Å². The smallest absolute Gasteiger partial charge is 0.338 e. The summed E-state index contributed by atoms with van der Waals surface area (Å²) in [7, 11) is 5.36. The Balaban J connectivity index is 1.53. The number of fused-ring (bicyclic) bond motifs is 1. The number of benzene rings is 1. The molecule has 0 bridgehead atoms. The monoisotopic (exact) mass is 416 g/mol. The molecule has 4 rings (SSSR count). The van der Waals surface area contributed by atoms with Crippen LogP contribution in [0.3, 0.4) is 0 Å². The van der Waals surface area contributed by atoms with Gasteiger partial charge in [0, 0.05) is 38.9 Å². The number of methoxy groups -OCH3 is 2. The lowest BCUT2D eigenvalue weighted by atomic mass is 9.84. The van der Waals surface area contributed by atoms with Gasteiger partial charge in [0.05, 0.1) is 24.2 Å². The highest BCUT2D eigenvalue weighted by Gasteiger charge is 2.43. The van der Waals surface area contributed by atoms with E-state index < -0.39 is 0 Å². The molecule has 0 unspecified atom stereocenters. The van der Waals surface area contributed by atoms with Crippen molar-refractivity contribution in [3.8, 4) is 0 Å². The second-order valence-corrected chi connectivity index (χ2v) is 8.60. The number of likely N-dealkylation sites (tertiary alicyclic amines) is 1. The van der Waals surface area contributed by atoms with E-state index in [1.165, 1.54) is 12.8 Å². The van der Waals surface area contributed by atoms with Gasteiger partial charge in [-0.05, 0) is 50.4 Å². The predicted molar refractivity (Wildman–Crippen MR) is 111 cm³/mol. The average Bonchev–Trinajstić information content (AvgIpc) is 3.43. The minimum Gasteiger partial charge on any atom is -0.457 e. The molecule has 7 nitrogen and oxygen atoms in total. The fourth-order valence-electron chi connectivity index (χ4n) is 5.32. The number of esters is 1. The fourth-order valence-corrected chi connectivity index (χ4v) is 5.32. The second-order valence-electron chi connectivity index (χ2n) is 8.60. The maximum atomic E-state index is 13.3. The summed E-state index contributed by atoms with van der Waals surface area (Å²) in [5.41, 5.74) is 2.30. The van der Waals surface area contributed by atoms with Crippen LogP contribution in [0.2, 0.25) is 0 Å². The van der Waals surface area contributed by atoms with Crippen LogP contribution < -0.4 is 0 Å². The molecule has 2 fully saturated rings. The topological polar surface area (TPSA) is 68.3 Å². The third-order valence-electron chi connectivity index (χ3n) is 7.09. The summed E-state index contributed by atoms with van der Waals surface area (Å²) in [6, 6.07) is 5.85. The zero-order valence-corrected chi connectivity index (χ0v) is 18.1. The van der Waals surface area contributed by atoms with E-state index in [2.05, 4.69) is 4.90 Å². The molecule has 1 aliphatic carbocycles. The fraction of sp³-hybridized carbons (Fsp3) is 0.652. The van der Waals surface area contributed by atoms with E-state index in [4.69, 9.17) is 14.2 Å². The predicted octanol–water partition coefficient (Wildman–Crippen LogP) is 2.01. The van der Waals surface area contributed by atoms with Crippen molar-refractivity contribution in [2.45, 2.75) is 63.0 Å². The van der Waals surface area contributed by atoms with Crippen molar-refractivity contribution in [1.82, 2.24) is 9.80 Å². The number of carbonyl (C=O) groups excluding carboxylic acids is 2. The third kappa shape index (κ3) is 3.98. The molecular weight excluding hydrogens is 384 g/mol. The second kappa shape index (κ2) is 9.04.